The van der Waals surface area contributed by atoms with Crippen LogP contribution in [-0.2, 0) is 6.18 Å². The topological polar surface area (TPSA) is 42.0 Å². The maximum Gasteiger partial charge on any atom is 0.418 e. The van der Waals surface area contributed by atoms with Crippen LogP contribution in [0.3, 0.4) is 0 Å². The van der Waals surface area contributed by atoms with E-state index >= 15 is 0 Å². The first-order valence-electron chi connectivity index (χ1n) is 8.77. The first-order chi connectivity index (χ1) is 13.3. The summed E-state index contributed by atoms with van der Waals surface area (Å²) in [4.78, 5) is 16.1. The molecule has 0 radical (unpaired) electrons. The Labute approximate surface area is 161 Å². The molecule has 150 valence electrons. The van der Waals surface area contributed by atoms with Gasteiger partial charge >= 0.3 is 6.18 Å². The van der Waals surface area contributed by atoms with Crippen LogP contribution < -0.4 is 14.4 Å². The SMILES string of the molecule is COc1cc(OC)cc(C(=O)N2CCN(c3ccccc3C(F)(F)F)CC2)c1. The fourth-order valence-corrected chi connectivity index (χ4v) is 3.25. The van der Waals surface area contributed by atoms with E-state index in [9.17, 15) is 18.0 Å². The third-order valence-corrected chi connectivity index (χ3v) is 4.72. The molecule has 0 saturated carbocycles. The number of rotatable bonds is 4. The normalized spacial score (nSPS) is 14.8. The third kappa shape index (κ3) is 4.16. The van der Waals surface area contributed by atoms with Gasteiger partial charge in [-0.15, -0.1) is 0 Å². The summed E-state index contributed by atoms with van der Waals surface area (Å²) in [6.45, 7) is 1.29. The van der Waals surface area contributed by atoms with Crippen LogP contribution in [-0.4, -0.2) is 51.2 Å². The van der Waals surface area contributed by atoms with E-state index < -0.39 is 11.7 Å². The van der Waals surface area contributed by atoms with Gasteiger partial charge in [0.2, 0.25) is 0 Å². The number of ether oxygens (including phenoxy) is 2. The number of methoxy groups -OCH3 is 2. The number of para-hydroxylation sites is 1. The minimum atomic E-state index is -4.42. The van der Waals surface area contributed by atoms with E-state index in [1.807, 2.05) is 0 Å². The lowest BCUT2D eigenvalue weighted by molar-refractivity contribution is -0.137. The van der Waals surface area contributed by atoms with Gasteiger partial charge in [-0.25, -0.2) is 0 Å². The Bertz CT molecular complexity index is 825. The average Bonchev–Trinajstić information content (AvgIpc) is 2.72. The van der Waals surface area contributed by atoms with Gasteiger partial charge in [0.1, 0.15) is 11.5 Å². The molecule has 0 unspecified atom stereocenters. The zero-order chi connectivity index (χ0) is 20.3. The van der Waals surface area contributed by atoms with Gasteiger partial charge in [-0.05, 0) is 24.3 Å². The number of hydrogen-bond acceptors (Lipinski definition) is 4. The van der Waals surface area contributed by atoms with Crippen molar-refractivity contribution in [2.75, 3.05) is 45.3 Å². The van der Waals surface area contributed by atoms with Gasteiger partial charge in [-0.2, -0.15) is 13.2 Å². The molecule has 2 aromatic carbocycles. The Morgan fingerprint density at radius 2 is 1.50 bits per heavy atom. The van der Waals surface area contributed by atoms with E-state index in [-0.39, 0.29) is 11.6 Å². The summed E-state index contributed by atoms with van der Waals surface area (Å²) >= 11 is 0. The largest absolute Gasteiger partial charge is 0.497 e. The molecule has 1 saturated heterocycles. The summed E-state index contributed by atoms with van der Waals surface area (Å²) in [6.07, 6.45) is -4.42. The minimum absolute atomic E-state index is 0.144. The van der Waals surface area contributed by atoms with Gasteiger partial charge in [0.15, 0.2) is 0 Å². The smallest absolute Gasteiger partial charge is 0.418 e. The summed E-state index contributed by atoms with van der Waals surface area (Å²) in [5.41, 5.74) is -0.0993. The zero-order valence-electron chi connectivity index (χ0n) is 15.6. The van der Waals surface area contributed by atoms with Crippen molar-refractivity contribution < 1.29 is 27.4 Å². The van der Waals surface area contributed by atoms with E-state index in [1.165, 1.54) is 26.4 Å². The molecular weight excluding hydrogens is 373 g/mol. The van der Waals surface area contributed by atoms with E-state index in [0.717, 1.165) is 6.07 Å². The van der Waals surface area contributed by atoms with Crippen molar-refractivity contribution in [3.8, 4) is 11.5 Å². The van der Waals surface area contributed by atoms with Gasteiger partial charge in [-0.1, -0.05) is 12.1 Å². The lowest BCUT2D eigenvalue weighted by Crippen LogP contribution is -2.49. The van der Waals surface area contributed by atoms with Crippen LogP contribution in [0.1, 0.15) is 15.9 Å². The molecule has 0 aromatic heterocycles. The van der Waals surface area contributed by atoms with Gasteiger partial charge in [0.05, 0.1) is 19.8 Å². The predicted molar refractivity (Wildman–Crippen MR) is 99.1 cm³/mol. The number of carbonyl (C=O) groups excluding carboxylic acids is 1. The monoisotopic (exact) mass is 394 g/mol. The maximum atomic E-state index is 13.3. The second-order valence-electron chi connectivity index (χ2n) is 6.40. The van der Waals surface area contributed by atoms with Crippen LogP contribution in [0.2, 0.25) is 0 Å². The number of benzene rings is 2. The fourth-order valence-electron chi connectivity index (χ4n) is 3.25. The number of alkyl halides is 3. The van der Waals surface area contributed by atoms with Crippen LogP contribution in [0.15, 0.2) is 42.5 Å². The predicted octanol–water partition coefficient (Wildman–Crippen LogP) is 3.69. The molecular formula is C20H21F3N2O3. The van der Waals surface area contributed by atoms with Crippen LogP contribution >= 0.6 is 0 Å². The number of nitrogens with zero attached hydrogens (tertiary/aromatic N) is 2. The number of carbonyl (C=O) groups is 1. The van der Waals surface area contributed by atoms with Crippen molar-refractivity contribution >= 4 is 11.6 Å². The maximum absolute atomic E-state index is 13.3. The molecule has 28 heavy (non-hydrogen) atoms. The number of anilines is 1. The Balaban J connectivity index is 1.74. The minimum Gasteiger partial charge on any atom is -0.497 e. The summed E-state index contributed by atoms with van der Waals surface area (Å²) in [5, 5.41) is 0. The van der Waals surface area contributed by atoms with Gasteiger partial charge in [0, 0.05) is 43.5 Å². The number of hydrogen-bond donors (Lipinski definition) is 0. The molecule has 0 atom stereocenters. The van der Waals surface area contributed by atoms with Crippen molar-refractivity contribution in [2.45, 2.75) is 6.18 Å². The van der Waals surface area contributed by atoms with Crippen LogP contribution in [0, 0.1) is 0 Å². The number of piperazine rings is 1. The van der Waals surface area contributed by atoms with Crippen molar-refractivity contribution in [1.29, 1.82) is 0 Å². The first kappa shape index (κ1) is 19.9. The fraction of sp³-hybridized carbons (Fsp3) is 0.350. The Hall–Kier alpha value is -2.90. The Kier molecular flexibility index (Phi) is 5.67. The first-order valence-corrected chi connectivity index (χ1v) is 8.77. The summed E-state index contributed by atoms with van der Waals surface area (Å²) in [6, 6.07) is 10.4. The van der Waals surface area contributed by atoms with Crippen LogP contribution in [0.25, 0.3) is 0 Å². The van der Waals surface area contributed by atoms with Gasteiger partial charge in [0.25, 0.3) is 5.91 Å². The van der Waals surface area contributed by atoms with E-state index in [0.29, 0.717) is 43.2 Å². The summed E-state index contributed by atoms with van der Waals surface area (Å²) in [7, 11) is 3.00. The molecule has 0 spiro atoms. The second-order valence-corrected chi connectivity index (χ2v) is 6.40. The molecule has 0 N–H and O–H groups in total. The van der Waals surface area contributed by atoms with E-state index in [1.54, 1.807) is 34.1 Å². The van der Waals surface area contributed by atoms with Crippen molar-refractivity contribution in [1.82, 2.24) is 4.90 Å². The molecule has 3 rings (SSSR count). The molecule has 0 bridgehead atoms. The van der Waals surface area contributed by atoms with E-state index in [4.69, 9.17) is 9.47 Å². The highest BCUT2D eigenvalue weighted by atomic mass is 19.4. The van der Waals surface area contributed by atoms with Crippen LogP contribution in [0.5, 0.6) is 11.5 Å². The van der Waals surface area contributed by atoms with Gasteiger partial charge < -0.3 is 19.3 Å². The second kappa shape index (κ2) is 8.00. The molecule has 1 amide bonds. The molecule has 5 nitrogen and oxygen atoms in total. The molecule has 1 aliphatic rings. The van der Waals surface area contributed by atoms with Crippen molar-refractivity contribution in [2.24, 2.45) is 0 Å². The highest BCUT2D eigenvalue weighted by Crippen LogP contribution is 2.36. The standard InChI is InChI=1S/C20H21F3N2O3/c1-27-15-11-14(12-16(13-15)28-2)19(26)25-9-7-24(8-10-25)18-6-4-3-5-17(18)20(21,22)23/h3-6,11-13H,7-10H2,1-2H3. The average molecular weight is 394 g/mol. The highest BCUT2D eigenvalue weighted by molar-refractivity contribution is 5.95. The summed E-state index contributed by atoms with van der Waals surface area (Å²) in [5.74, 6) is 0.793. The Morgan fingerprint density at radius 1 is 0.929 bits per heavy atom. The molecule has 1 heterocycles. The van der Waals surface area contributed by atoms with Gasteiger partial charge in [-0.3, -0.25) is 4.79 Å². The molecule has 1 fully saturated rings. The van der Waals surface area contributed by atoms with E-state index in [2.05, 4.69) is 0 Å². The number of amides is 1. The molecule has 2 aromatic rings. The quantitative estimate of drug-likeness (QED) is 0.793. The lowest BCUT2D eigenvalue weighted by atomic mass is 10.1. The highest BCUT2D eigenvalue weighted by Gasteiger charge is 2.35. The Morgan fingerprint density at radius 3 is 2.04 bits per heavy atom. The summed E-state index contributed by atoms with van der Waals surface area (Å²) < 4.78 is 50.2. The molecule has 8 heteroatoms. The molecule has 0 aliphatic carbocycles. The lowest BCUT2D eigenvalue weighted by Gasteiger charge is -2.37. The van der Waals surface area contributed by atoms with Crippen LogP contribution in [0.4, 0.5) is 18.9 Å². The zero-order valence-corrected chi connectivity index (χ0v) is 15.6. The third-order valence-electron chi connectivity index (χ3n) is 4.72. The molecule has 1 aliphatic heterocycles. The van der Waals surface area contributed by atoms with Crippen molar-refractivity contribution in [3.63, 3.8) is 0 Å². The number of halogens is 3. The van der Waals surface area contributed by atoms with Crippen molar-refractivity contribution in [3.05, 3.63) is 53.6 Å².